The molecule has 0 radical (unpaired) electrons. The molecule has 3 heterocycles. The number of benzene rings is 1. The summed E-state index contributed by atoms with van der Waals surface area (Å²) >= 11 is 0. The number of primary amides is 1. The molecule has 0 saturated carbocycles. The molecule has 4 aromatic rings. The molecule has 3 N–H and O–H groups in total. The van der Waals surface area contributed by atoms with Crippen LogP contribution in [0.15, 0.2) is 33.3 Å². The minimum Gasteiger partial charge on any atom is -0.476 e. The third-order valence-corrected chi connectivity index (χ3v) is 4.89. The Morgan fingerprint density at radius 3 is 2.50 bits per heavy atom. The SMILES string of the molecule is CN(C)c1cc(-c2oc(-c3nn(Cc4nc(C(C)(F)F)co4)nc3C(N)=O)nc2C(=O)O)ccc1F. The van der Waals surface area contributed by atoms with Crippen LogP contribution in [-0.4, -0.2) is 56.0 Å². The maximum Gasteiger partial charge on any atom is 0.358 e. The number of alkyl halides is 2. The van der Waals surface area contributed by atoms with Gasteiger partial charge in [0, 0.05) is 26.6 Å². The first-order valence-corrected chi connectivity index (χ1v) is 10.1. The van der Waals surface area contributed by atoms with Crippen LogP contribution >= 0.6 is 0 Å². The smallest absolute Gasteiger partial charge is 0.358 e. The summed E-state index contributed by atoms with van der Waals surface area (Å²) in [6.07, 6.45) is 0.777. The molecule has 12 nitrogen and oxygen atoms in total. The van der Waals surface area contributed by atoms with Crippen LogP contribution in [0.5, 0.6) is 0 Å². The molecule has 1 aromatic carbocycles. The number of hydrogen-bond acceptors (Lipinski definition) is 9. The first-order valence-electron chi connectivity index (χ1n) is 10.1. The maximum absolute atomic E-state index is 14.1. The molecule has 0 unspecified atom stereocenters. The molecule has 15 heteroatoms. The van der Waals surface area contributed by atoms with E-state index in [-0.39, 0.29) is 35.1 Å². The number of halogens is 3. The summed E-state index contributed by atoms with van der Waals surface area (Å²) in [4.78, 5) is 33.8. The van der Waals surface area contributed by atoms with Gasteiger partial charge in [0.05, 0.1) is 5.69 Å². The Labute approximate surface area is 200 Å². The number of amides is 1. The summed E-state index contributed by atoms with van der Waals surface area (Å²) < 4.78 is 51.6. The van der Waals surface area contributed by atoms with Crippen LogP contribution in [0.2, 0.25) is 0 Å². The van der Waals surface area contributed by atoms with Gasteiger partial charge in [-0.05, 0) is 18.2 Å². The highest BCUT2D eigenvalue weighted by Crippen LogP contribution is 2.33. The van der Waals surface area contributed by atoms with E-state index in [1.165, 1.54) is 17.0 Å². The molecule has 36 heavy (non-hydrogen) atoms. The summed E-state index contributed by atoms with van der Waals surface area (Å²) in [5, 5.41) is 17.6. The highest BCUT2D eigenvalue weighted by molar-refractivity contribution is 5.97. The normalized spacial score (nSPS) is 11.6. The van der Waals surface area contributed by atoms with Gasteiger partial charge < -0.3 is 24.6 Å². The van der Waals surface area contributed by atoms with Crippen molar-refractivity contribution in [1.82, 2.24) is 25.0 Å². The number of carbonyl (C=O) groups is 2. The second-order valence-electron chi connectivity index (χ2n) is 7.87. The van der Waals surface area contributed by atoms with E-state index in [1.807, 2.05) is 0 Å². The van der Waals surface area contributed by atoms with Crippen molar-refractivity contribution < 1.29 is 36.7 Å². The Kier molecular flexibility index (Phi) is 5.99. The second-order valence-corrected chi connectivity index (χ2v) is 7.87. The van der Waals surface area contributed by atoms with E-state index in [2.05, 4.69) is 20.2 Å². The van der Waals surface area contributed by atoms with Gasteiger partial charge >= 0.3 is 5.97 Å². The van der Waals surface area contributed by atoms with Crippen molar-refractivity contribution in [2.75, 3.05) is 19.0 Å². The van der Waals surface area contributed by atoms with E-state index < -0.39 is 46.6 Å². The molecule has 188 valence electrons. The molecule has 1 amide bonds. The number of aromatic carboxylic acids is 1. The average Bonchev–Trinajstić information content (AvgIpc) is 3.51. The zero-order valence-corrected chi connectivity index (χ0v) is 19.0. The molecule has 4 rings (SSSR count). The Hall–Kier alpha value is -4.69. The molecule has 3 aromatic heterocycles. The number of carbonyl (C=O) groups excluding carboxylic acids is 1. The van der Waals surface area contributed by atoms with Crippen molar-refractivity contribution in [3.63, 3.8) is 0 Å². The standard InChI is InChI=1S/C21H18F3N7O5/c1-21(23,24)12-8-35-13(26-12)7-31-28-14(18(25)32)15(29-31)19-27-16(20(33)34)17(36-19)9-4-5-10(22)11(6-9)30(2)3/h4-6,8H,7H2,1-3H3,(H2,25,32)(H,33,34). The molecule has 0 bridgehead atoms. The lowest BCUT2D eigenvalue weighted by Crippen LogP contribution is -2.14. The predicted molar refractivity (Wildman–Crippen MR) is 116 cm³/mol. The monoisotopic (exact) mass is 505 g/mol. The van der Waals surface area contributed by atoms with Crippen LogP contribution in [0, 0.1) is 5.82 Å². The van der Waals surface area contributed by atoms with Gasteiger partial charge in [-0.3, -0.25) is 4.79 Å². The van der Waals surface area contributed by atoms with Crippen LogP contribution < -0.4 is 10.6 Å². The van der Waals surface area contributed by atoms with Gasteiger partial charge in [0.2, 0.25) is 5.89 Å². The molecule has 0 spiro atoms. The average molecular weight is 505 g/mol. The molecule has 0 aliphatic heterocycles. The third-order valence-electron chi connectivity index (χ3n) is 4.89. The fourth-order valence-corrected chi connectivity index (χ4v) is 3.19. The Bertz CT molecular complexity index is 1470. The number of aromatic nitrogens is 5. The minimum atomic E-state index is -3.24. The van der Waals surface area contributed by atoms with Crippen molar-refractivity contribution in [3.05, 3.63) is 53.3 Å². The number of carboxylic acids is 1. The van der Waals surface area contributed by atoms with Gasteiger partial charge in [0.15, 0.2) is 22.8 Å². The number of oxazole rings is 2. The predicted octanol–water partition coefficient (Wildman–Crippen LogP) is 2.75. The van der Waals surface area contributed by atoms with Crippen LogP contribution in [-0.2, 0) is 12.5 Å². The minimum absolute atomic E-state index is 0.161. The first kappa shape index (κ1) is 24.4. The van der Waals surface area contributed by atoms with E-state index in [0.29, 0.717) is 6.92 Å². The quantitative estimate of drug-likeness (QED) is 0.363. The fraction of sp³-hybridized carbons (Fsp3) is 0.238. The van der Waals surface area contributed by atoms with Gasteiger partial charge in [-0.2, -0.15) is 18.6 Å². The van der Waals surface area contributed by atoms with E-state index in [0.717, 1.165) is 17.1 Å². The molecule has 0 saturated heterocycles. The second kappa shape index (κ2) is 8.83. The van der Waals surface area contributed by atoms with Crippen molar-refractivity contribution in [2.24, 2.45) is 5.73 Å². The Morgan fingerprint density at radius 2 is 1.92 bits per heavy atom. The summed E-state index contributed by atoms with van der Waals surface area (Å²) in [6.45, 7) is 0.284. The summed E-state index contributed by atoms with van der Waals surface area (Å²) in [7, 11) is 3.20. The van der Waals surface area contributed by atoms with Crippen LogP contribution in [0.4, 0.5) is 18.9 Å². The van der Waals surface area contributed by atoms with Gasteiger partial charge in [0.1, 0.15) is 24.3 Å². The van der Waals surface area contributed by atoms with Crippen molar-refractivity contribution in [2.45, 2.75) is 19.4 Å². The largest absolute Gasteiger partial charge is 0.476 e. The topological polar surface area (TPSA) is 166 Å². The molecular weight excluding hydrogens is 487 g/mol. The molecule has 0 aliphatic carbocycles. The van der Waals surface area contributed by atoms with Crippen molar-refractivity contribution in [1.29, 1.82) is 0 Å². The number of carboxylic acid groups (broad SMARTS) is 1. The van der Waals surface area contributed by atoms with Crippen molar-refractivity contribution in [3.8, 4) is 22.9 Å². The third kappa shape index (κ3) is 4.62. The van der Waals surface area contributed by atoms with Crippen LogP contribution in [0.25, 0.3) is 22.9 Å². The van der Waals surface area contributed by atoms with E-state index in [9.17, 15) is 27.9 Å². The Morgan fingerprint density at radius 1 is 1.19 bits per heavy atom. The van der Waals surface area contributed by atoms with Gasteiger partial charge in [-0.1, -0.05) is 0 Å². The lowest BCUT2D eigenvalue weighted by atomic mass is 10.1. The Balaban J connectivity index is 1.77. The lowest BCUT2D eigenvalue weighted by Gasteiger charge is -2.14. The highest BCUT2D eigenvalue weighted by atomic mass is 19.3. The summed E-state index contributed by atoms with van der Waals surface area (Å²) in [5.41, 5.74) is 3.85. The van der Waals surface area contributed by atoms with E-state index >= 15 is 0 Å². The number of nitrogens with zero attached hydrogens (tertiary/aromatic N) is 6. The molecule has 0 fully saturated rings. The van der Waals surface area contributed by atoms with Gasteiger partial charge in [-0.15, -0.1) is 10.2 Å². The number of hydrogen-bond donors (Lipinski definition) is 2. The lowest BCUT2D eigenvalue weighted by molar-refractivity contribution is 0.0126. The van der Waals surface area contributed by atoms with Crippen molar-refractivity contribution >= 4 is 17.6 Å². The zero-order chi connectivity index (χ0) is 26.4. The zero-order valence-electron chi connectivity index (χ0n) is 19.0. The number of nitrogens with two attached hydrogens (primary N) is 1. The summed E-state index contributed by atoms with van der Waals surface area (Å²) in [6, 6.07) is 3.80. The number of rotatable bonds is 8. The number of anilines is 1. The molecule has 0 aliphatic rings. The van der Waals surface area contributed by atoms with E-state index in [1.54, 1.807) is 14.1 Å². The van der Waals surface area contributed by atoms with E-state index in [4.69, 9.17) is 14.6 Å². The van der Waals surface area contributed by atoms with Gasteiger partial charge in [-0.25, -0.2) is 14.2 Å². The fourth-order valence-electron chi connectivity index (χ4n) is 3.19. The first-order chi connectivity index (χ1) is 16.8. The molecule has 0 atom stereocenters. The summed E-state index contributed by atoms with van der Waals surface area (Å²) in [5.74, 6) is -7.12. The molecular formula is C21H18F3N7O5. The van der Waals surface area contributed by atoms with Gasteiger partial charge in [0.25, 0.3) is 17.7 Å². The highest BCUT2D eigenvalue weighted by Gasteiger charge is 2.30. The van der Waals surface area contributed by atoms with Crippen LogP contribution in [0.3, 0.4) is 0 Å². The van der Waals surface area contributed by atoms with Crippen LogP contribution in [0.1, 0.15) is 39.5 Å². The maximum atomic E-state index is 14.1.